The van der Waals surface area contributed by atoms with Gasteiger partial charge in [-0.15, -0.1) is 0 Å². The number of hydrogen-bond acceptors (Lipinski definition) is 2. The molecule has 0 heterocycles. The Labute approximate surface area is 69.2 Å². The summed E-state index contributed by atoms with van der Waals surface area (Å²) < 4.78 is 24.0. The van der Waals surface area contributed by atoms with E-state index in [0.717, 1.165) is 0 Å². The molecule has 0 saturated heterocycles. The second kappa shape index (κ2) is 5.52. The Morgan fingerprint density at radius 2 is 1.43 bits per heavy atom. The largest absolute Gasteiger partial charge is 0.285 e. The van der Waals surface area contributed by atoms with Crippen LogP contribution in [-0.4, -0.2) is 13.3 Å². The van der Waals surface area contributed by atoms with Gasteiger partial charge in [-0.25, -0.2) is 0 Å². The van der Waals surface area contributed by atoms with Crippen LogP contribution in [0.1, 0.15) is 0 Å². The Kier molecular flexibility index (Phi) is 12.4. The molecule has 2 N–H and O–H groups in total. The smallest absolute Gasteiger partial charge is 0.263 e. The molecule has 0 aromatic carbocycles. The minimum Gasteiger partial charge on any atom is -0.285 e. The van der Waals surface area contributed by atoms with E-state index in [1.807, 2.05) is 0 Å². The van der Waals surface area contributed by atoms with Crippen molar-refractivity contribution < 1.29 is 35.7 Å². The van der Waals surface area contributed by atoms with Crippen LogP contribution in [0, 0.1) is 0 Å². The Morgan fingerprint density at radius 1 is 1.43 bits per heavy atom. The molecule has 0 bridgehead atoms. The molecule has 51 valence electrons. The van der Waals surface area contributed by atoms with E-state index in [4.69, 9.17) is 13.3 Å². The quantitative estimate of drug-likeness (QED) is 0.589. The summed E-state index contributed by atoms with van der Waals surface area (Å²) in [5, 5.41) is 0. The van der Waals surface area contributed by atoms with Crippen molar-refractivity contribution in [3.63, 3.8) is 0 Å². The molecule has 7 heteroatoms. The van der Waals surface area contributed by atoms with Gasteiger partial charge in [0.2, 0.25) is 0 Å². The summed E-state index contributed by atoms with van der Waals surface area (Å²) >= 11 is 3.47. The zero-order valence-corrected chi connectivity index (χ0v) is 7.04. The van der Waals surface area contributed by atoms with Crippen LogP contribution in [0.5, 0.6) is 0 Å². The fourth-order valence-corrected chi connectivity index (χ4v) is 0. The van der Waals surface area contributed by atoms with Crippen molar-refractivity contribution in [3.05, 3.63) is 0 Å². The molecular formula is H4AgO3S3. The molecule has 0 saturated carbocycles. The summed E-state index contributed by atoms with van der Waals surface area (Å²) in [5.74, 6) is 0. The van der Waals surface area contributed by atoms with E-state index in [0.29, 0.717) is 0 Å². The average Bonchev–Trinajstić information content (AvgIpc) is 0.722. The Bertz CT molecular complexity index is 93.3. The summed E-state index contributed by atoms with van der Waals surface area (Å²) in [6.45, 7) is 0. The van der Waals surface area contributed by atoms with Crippen molar-refractivity contribution in [2.75, 3.05) is 0 Å². The maximum atomic E-state index is 9.11. The summed E-state index contributed by atoms with van der Waals surface area (Å²) in [4.78, 5) is 0. The maximum Gasteiger partial charge on any atom is 0.263 e. The van der Waals surface area contributed by atoms with Gasteiger partial charge in [0, 0.05) is 33.6 Å². The van der Waals surface area contributed by atoms with E-state index in [2.05, 4.69) is 11.2 Å². The second-order valence-corrected chi connectivity index (χ2v) is 2.65. The van der Waals surface area contributed by atoms with Gasteiger partial charge >= 0.3 is 0 Å². The minimum absolute atomic E-state index is 0. The molecule has 1 radical (unpaired) electrons. The molecule has 0 rings (SSSR count). The summed E-state index contributed by atoms with van der Waals surface area (Å²) in [7, 11) is -3.83. The van der Waals surface area contributed by atoms with E-state index < -0.39 is 9.05 Å². The third-order valence-corrected chi connectivity index (χ3v) is 0. The first kappa shape index (κ1) is 15.8. The molecule has 0 aliphatic rings. The second-order valence-electron chi connectivity index (χ2n) is 0.448. The zero-order valence-electron chi connectivity index (χ0n) is 2.92. The summed E-state index contributed by atoms with van der Waals surface area (Å²) in [5.41, 5.74) is 0. The molecule has 0 unspecified atom stereocenters. The van der Waals surface area contributed by atoms with Crippen LogP contribution < -0.4 is 0 Å². The predicted molar refractivity (Wildman–Crippen MR) is 31.1 cm³/mol. The van der Waals surface area contributed by atoms with Gasteiger partial charge in [-0.1, -0.05) is 0 Å². The SMILES string of the molecule is O=S(O)(O)=S.S.[Ag]. The van der Waals surface area contributed by atoms with Crippen LogP contribution in [0.2, 0.25) is 0 Å². The van der Waals surface area contributed by atoms with Crippen molar-refractivity contribution in [1.29, 1.82) is 0 Å². The van der Waals surface area contributed by atoms with Crippen molar-refractivity contribution in [2.24, 2.45) is 0 Å². The van der Waals surface area contributed by atoms with Gasteiger partial charge in [0.25, 0.3) is 9.05 Å². The molecule has 0 amide bonds. The molecule has 0 fully saturated rings. The first-order chi connectivity index (χ1) is 2.00. The minimum atomic E-state index is -3.83. The monoisotopic (exact) mass is 255 g/mol. The molecule has 0 aliphatic carbocycles. The molecule has 3 nitrogen and oxygen atoms in total. The van der Waals surface area contributed by atoms with Crippen LogP contribution in [-0.2, 0) is 42.6 Å². The van der Waals surface area contributed by atoms with Gasteiger partial charge in [-0.2, -0.15) is 17.7 Å². The van der Waals surface area contributed by atoms with Crippen LogP contribution in [0.4, 0.5) is 0 Å². The molecular weight excluding hydrogens is 252 g/mol. The first-order valence-electron chi connectivity index (χ1n) is 0.698. The van der Waals surface area contributed by atoms with Crippen LogP contribution in [0.15, 0.2) is 0 Å². The van der Waals surface area contributed by atoms with Gasteiger partial charge in [-0.3, -0.25) is 9.11 Å². The third-order valence-electron chi connectivity index (χ3n) is 0. The van der Waals surface area contributed by atoms with E-state index in [-0.39, 0.29) is 35.9 Å². The fourth-order valence-electron chi connectivity index (χ4n) is 0. The van der Waals surface area contributed by atoms with Gasteiger partial charge in [-0.05, 0) is 0 Å². The van der Waals surface area contributed by atoms with Crippen molar-refractivity contribution >= 4 is 33.7 Å². The topological polar surface area (TPSA) is 57.5 Å². The van der Waals surface area contributed by atoms with Gasteiger partial charge in [0.05, 0.1) is 0 Å². The Hall–Kier alpha value is 1.38. The summed E-state index contributed by atoms with van der Waals surface area (Å²) in [6.07, 6.45) is 0. The van der Waals surface area contributed by atoms with Crippen molar-refractivity contribution in [1.82, 2.24) is 0 Å². The summed E-state index contributed by atoms with van der Waals surface area (Å²) in [6, 6.07) is 0. The number of rotatable bonds is 0. The van der Waals surface area contributed by atoms with Crippen molar-refractivity contribution in [3.8, 4) is 0 Å². The molecule has 0 aliphatic heterocycles. The Morgan fingerprint density at radius 3 is 1.43 bits per heavy atom. The van der Waals surface area contributed by atoms with E-state index in [9.17, 15) is 0 Å². The molecule has 0 spiro atoms. The predicted octanol–water partition coefficient (Wildman–Crippen LogP) is -0.211. The molecule has 0 aromatic heterocycles. The van der Waals surface area contributed by atoms with Gasteiger partial charge in [0.15, 0.2) is 0 Å². The standard InChI is InChI=1S/Ag.H2O3S2.H2S/c;1-5(2,3)4;/h;(H2,1,2,3,4);1H2. The Balaban J connectivity index is -0.0000000800. The molecule has 7 heavy (non-hydrogen) atoms. The zero-order chi connectivity index (χ0) is 4.50. The van der Waals surface area contributed by atoms with Gasteiger partial charge in [0.1, 0.15) is 0 Å². The van der Waals surface area contributed by atoms with E-state index in [1.165, 1.54) is 0 Å². The van der Waals surface area contributed by atoms with E-state index >= 15 is 0 Å². The number of hydrogen-bond donors (Lipinski definition) is 2. The first-order valence-corrected chi connectivity index (χ1v) is 3.10. The fraction of sp³-hybridized carbons (Fsp3) is 0. The normalized spacial score (nSPS) is 8.29. The third kappa shape index (κ3) is 112. The van der Waals surface area contributed by atoms with E-state index in [1.54, 1.807) is 0 Å². The van der Waals surface area contributed by atoms with Crippen LogP contribution in [0.3, 0.4) is 0 Å². The van der Waals surface area contributed by atoms with Crippen LogP contribution in [0.25, 0.3) is 0 Å². The molecule has 0 atom stereocenters. The van der Waals surface area contributed by atoms with Gasteiger partial charge < -0.3 is 0 Å². The molecule has 0 aromatic rings. The average molecular weight is 256 g/mol. The van der Waals surface area contributed by atoms with Crippen molar-refractivity contribution in [2.45, 2.75) is 0 Å². The van der Waals surface area contributed by atoms with Crippen LogP contribution >= 0.6 is 13.5 Å². The maximum absolute atomic E-state index is 9.11.